The molecule has 0 fully saturated rings. The minimum Gasteiger partial charge on any atom is -0.368 e. The van der Waals surface area contributed by atoms with Gasteiger partial charge in [-0.3, -0.25) is 9.78 Å². The molecule has 13 heavy (non-hydrogen) atoms. The summed E-state index contributed by atoms with van der Waals surface area (Å²) in [5.74, 6) is -0.497. The molecular weight excluding hydrogens is 234 g/mol. The third-order valence-corrected chi connectivity index (χ3v) is 2.38. The second-order valence-corrected chi connectivity index (χ2v) is 3.53. The summed E-state index contributed by atoms with van der Waals surface area (Å²) in [7, 11) is 0. The Morgan fingerprint density at radius 1 is 1.69 bits per heavy atom. The summed E-state index contributed by atoms with van der Waals surface area (Å²) >= 11 is 3.30. The summed E-state index contributed by atoms with van der Waals surface area (Å²) in [5.41, 5.74) is 11.5. The van der Waals surface area contributed by atoms with Crippen LogP contribution in [-0.4, -0.2) is 16.9 Å². The maximum atomic E-state index is 10.7. The predicted molar refractivity (Wildman–Crippen MR) is 52.8 cm³/mol. The molecule has 70 valence electrons. The van der Waals surface area contributed by atoms with Crippen LogP contribution < -0.4 is 11.5 Å². The van der Waals surface area contributed by atoms with Crippen LogP contribution in [0.3, 0.4) is 0 Å². The van der Waals surface area contributed by atoms with Crippen molar-refractivity contribution in [3.05, 3.63) is 28.5 Å². The number of carbonyl (C=O) groups excluding carboxylic acids is 1. The Hall–Kier alpha value is -0.940. The number of pyridine rings is 1. The maximum absolute atomic E-state index is 10.7. The van der Waals surface area contributed by atoms with Crippen LogP contribution in [0, 0.1) is 0 Å². The van der Waals surface area contributed by atoms with E-state index in [4.69, 9.17) is 11.5 Å². The van der Waals surface area contributed by atoms with E-state index in [2.05, 4.69) is 20.9 Å². The average molecular weight is 244 g/mol. The number of amides is 1. The van der Waals surface area contributed by atoms with Crippen molar-refractivity contribution in [1.82, 2.24) is 4.98 Å². The highest BCUT2D eigenvalue weighted by Crippen LogP contribution is 2.15. The summed E-state index contributed by atoms with van der Waals surface area (Å²) in [6.45, 7) is 0. The van der Waals surface area contributed by atoms with Gasteiger partial charge in [-0.05, 0) is 34.0 Å². The number of hydrogen-bond acceptors (Lipinski definition) is 3. The van der Waals surface area contributed by atoms with Crippen molar-refractivity contribution in [1.29, 1.82) is 0 Å². The number of aromatic nitrogens is 1. The molecule has 1 heterocycles. The highest BCUT2D eigenvalue weighted by Gasteiger charge is 2.11. The van der Waals surface area contributed by atoms with Gasteiger partial charge in [-0.2, -0.15) is 0 Å². The molecule has 4 N–H and O–H groups in total. The van der Waals surface area contributed by atoms with Gasteiger partial charge in [-0.25, -0.2) is 0 Å². The SMILES string of the molecule is NC(=O)C(N)Cc1ccncc1Br. The van der Waals surface area contributed by atoms with Gasteiger partial charge in [0.05, 0.1) is 6.04 Å². The van der Waals surface area contributed by atoms with Crippen LogP contribution in [0.2, 0.25) is 0 Å². The Morgan fingerprint density at radius 2 is 2.38 bits per heavy atom. The first-order valence-corrected chi connectivity index (χ1v) is 4.54. The first-order valence-electron chi connectivity index (χ1n) is 3.74. The Bertz CT molecular complexity index is 316. The lowest BCUT2D eigenvalue weighted by Gasteiger charge is -2.07. The number of carbonyl (C=O) groups is 1. The van der Waals surface area contributed by atoms with E-state index in [1.165, 1.54) is 0 Å². The molecule has 1 unspecified atom stereocenters. The van der Waals surface area contributed by atoms with Crippen LogP contribution in [-0.2, 0) is 11.2 Å². The fourth-order valence-electron chi connectivity index (χ4n) is 0.907. The number of nitrogens with two attached hydrogens (primary N) is 2. The van der Waals surface area contributed by atoms with E-state index in [1.807, 2.05) is 0 Å². The largest absolute Gasteiger partial charge is 0.368 e. The van der Waals surface area contributed by atoms with Crippen molar-refractivity contribution in [2.75, 3.05) is 0 Å². The summed E-state index contributed by atoms with van der Waals surface area (Å²) in [5, 5.41) is 0. The van der Waals surface area contributed by atoms with Crippen molar-refractivity contribution < 1.29 is 4.79 Å². The maximum Gasteiger partial charge on any atom is 0.234 e. The predicted octanol–water partition coefficient (Wildman–Crippen LogP) is 0.199. The molecule has 0 aliphatic heterocycles. The van der Waals surface area contributed by atoms with Crippen molar-refractivity contribution in [2.24, 2.45) is 11.5 Å². The quantitative estimate of drug-likeness (QED) is 0.796. The second kappa shape index (κ2) is 4.34. The third kappa shape index (κ3) is 2.78. The summed E-state index contributed by atoms with van der Waals surface area (Å²) < 4.78 is 0.840. The lowest BCUT2D eigenvalue weighted by atomic mass is 10.1. The summed E-state index contributed by atoms with van der Waals surface area (Å²) in [6.07, 6.45) is 3.73. The van der Waals surface area contributed by atoms with Crippen LogP contribution in [0.15, 0.2) is 22.9 Å². The van der Waals surface area contributed by atoms with E-state index < -0.39 is 11.9 Å². The lowest BCUT2D eigenvalue weighted by Crippen LogP contribution is -2.38. The van der Waals surface area contributed by atoms with Crippen LogP contribution in [0.5, 0.6) is 0 Å². The molecule has 1 amide bonds. The van der Waals surface area contributed by atoms with E-state index in [0.717, 1.165) is 10.0 Å². The Balaban J connectivity index is 2.74. The highest BCUT2D eigenvalue weighted by atomic mass is 79.9. The molecule has 0 bridgehead atoms. The molecule has 1 aromatic heterocycles. The van der Waals surface area contributed by atoms with Gasteiger partial charge in [0.1, 0.15) is 0 Å². The average Bonchev–Trinajstić information content (AvgIpc) is 2.08. The monoisotopic (exact) mass is 243 g/mol. The number of halogens is 1. The van der Waals surface area contributed by atoms with Gasteiger partial charge in [0.15, 0.2) is 0 Å². The van der Waals surface area contributed by atoms with Crippen molar-refractivity contribution in [2.45, 2.75) is 12.5 Å². The Labute approximate surface area is 84.5 Å². The number of nitrogens with zero attached hydrogens (tertiary/aromatic N) is 1. The molecular formula is C8H10BrN3O. The molecule has 0 aromatic carbocycles. The molecule has 0 spiro atoms. The van der Waals surface area contributed by atoms with Gasteiger partial charge >= 0.3 is 0 Å². The van der Waals surface area contributed by atoms with E-state index >= 15 is 0 Å². The summed E-state index contributed by atoms with van der Waals surface area (Å²) in [6, 6.07) is 1.16. The first-order chi connectivity index (χ1) is 6.11. The molecule has 0 aliphatic rings. The van der Waals surface area contributed by atoms with Crippen LogP contribution in [0.25, 0.3) is 0 Å². The van der Waals surface area contributed by atoms with Crippen LogP contribution in [0.4, 0.5) is 0 Å². The minimum absolute atomic E-state index is 0.429. The van der Waals surface area contributed by atoms with E-state index in [0.29, 0.717) is 6.42 Å². The molecule has 1 aromatic rings. The van der Waals surface area contributed by atoms with Gasteiger partial charge in [-0.1, -0.05) is 0 Å². The van der Waals surface area contributed by atoms with Gasteiger partial charge < -0.3 is 11.5 Å². The second-order valence-electron chi connectivity index (χ2n) is 2.68. The molecule has 4 nitrogen and oxygen atoms in total. The molecule has 1 atom stereocenters. The number of primary amides is 1. The molecule has 5 heteroatoms. The number of hydrogen-bond donors (Lipinski definition) is 2. The van der Waals surface area contributed by atoms with Gasteiger partial charge in [-0.15, -0.1) is 0 Å². The van der Waals surface area contributed by atoms with Crippen LogP contribution >= 0.6 is 15.9 Å². The first kappa shape index (κ1) is 10.1. The zero-order valence-corrected chi connectivity index (χ0v) is 8.49. The van der Waals surface area contributed by atoms with Crippen molar-refractivity contribution in [3.8, 4) is 0 Å². The zero-order chi connectivity index (χ0) is 9.84. The topological polar surface area (TPSA) is 82.0 Å². The van der Waals surface area contributed by atoms with Gasteiger partial charge in [0.2, 0.25) is 5.91 Å². The van der Waals surface area contributed by atoms with E-state index in [9.17, 15) is 4.79 Å². The fourth-order valence-corrected chi connectivity index (χ4v) is 1.32. The highest BCUT2D eigenvalue weighted by molar-refractivity contribution is 9.10. The van der Waals surface area contributed by atoms with Crippen LogP contribution in [0.1, 0.15) is 5.56 Å². The Morgan fingerprint density at radius 3 is 2.92 bits per heavy atom. The lowest BCUT2D eigenvalue weighted by molar-refractivity contribution is -0.119. The normalized spacial score (nSPS) is 12.5. The minimum atomic E-state index is -0.640. The molecule has 0 radical (unpaired) electrons. The van der Waals surface area contributed by atoms with E-state index in [1.54, 1.807) is 18.5 Å². The van der Waals surface area contributed by atoms with Gasteiger partial charge in [0, 0.05) is 16.9 Å². The number of rotatable bonds is 3. The fraction of sp³-hybridized carbons (Fsp3) is 0.250. The molecule has 1 rings (SSSR count). The third-order valence-electron chi connectivity index (χ3n) is 1.66. The molecule has 0 aliphatic carbocycles. The standard InChI is InChI=1S/C8H10BrN3O/c9-6-4-12-2-1-5(6)3-7(10)8(11)13/h1-2,4,7H,3,10H2,(H2,11,13). The molecule has 0 saturated carbocycles. The van der Waals surface area contributed by atoms with Crippen molar-refractivity contribution >= 4 is 21.8 Å². The Kier molecular flexibility index (Phi) is 3.39. The van der Waals surface area contributed by atoms with E-state index in [-0.39, 0.29) is 0 Å². The summed E-state index contributed by atoms with van der Waals surface area (Å²) in [4.78, 5) is 14.6. The van der Waals surface area contributed by atoms with Crippen molar-refractivity contribution in [3.63, 3.8) is 0 Å². The smallest absolute Gasteiger partial charge is 0.234 e. The molecule has 0 saturated heterocycles. The van der Waals surface area contributed by atoms with Gasteiger partial charge in [0.25, 0.3) is 0 Å². The zero-order valence-electron chi connectivity index (χ0n) is 6.90.